The van der Waals surface area contributed by atoms with Gasteiger partial charge in [-0.05, 0) is 40.8 Å². The normalized spacial score (nSPS) is 15.4. The number of fused-ring (bicyclic) bond motifs is 2. The highest BCUT2D eigenvalue weighted by atomic mass is 15.4. The Morgan fingerprint density at radius 3 is 2.20 bits per heavy atom. The van der Waals surface area contributed by atoms with Gasteiger partial charge in [-0.2, -0.15) is 0 Å². The molecule has 1 heteroatoms. The summed E-state index contributed by atoms with van der Waals surface area (Å²) in [5.74, 6) is 0. The quantitative estimate of drug-likeness (QED) is 0.492. The monoisotopic (exact) mass is 330 g/mol. The van der Waals surface area contributed by atoms with Crippen LogP contribution >= 0.6 is 0 Å². The van der Waals surface area contributed by atoms with Gasteiger partial charge in [0.15, 0.2) is 0 Å². The van der Waals surface area contributed by atoms with Crippen LogP contribution in [0.3, 0.4) is 0 Å². The van der Waals surface area contributed by atoms with E-state index in [0.717, 1.165) is 0 Å². The van der Waals surface area contributed by atoms with Gasteiger partial charge in [-0.1, -0.05) is 68.4 Å². The first-order valence-corrected chi connectivity index (χ1v) is 9.70. The Hall–Kier alpha value is -2.12. The van der Waals surface area contributed by atoms with Gasteiger partial charge in [-0.3, -0.25) is 0 Å². The van der Waals surface area contributed by atoms with Crippen LogP contribution in [0.1, 0.15) is 37.8 Å². The predicted molar refractivity (Wildman–Crippen MR) is 107 cm³/mol. The van der Waals surface area contributed by atoms with E-state index in [-0.39, 0.29) is 0 Å². The summed E-state index contributed by atoms with van der Waals surface area (Å²) in [5, 5.41) is 2.79. The number of hydrogen-bond acceptors (Lipinski definition) is 0. The molecule has 0 aromatic heterocycles. The fraction of sp³-hybridized carbons (Fsp3) is 0.333. The molecule has 3 aromatic carbocycles. The van der Waals surface area contributed by atoms with Crippen molar-refractivity contribution in [2.75, 3.05) is 13.1 Å². The van der Waals surface area contributed by atoms with Crippen molar-refractivity contribution in [1.82, 2.24) is 0 Å². The second-order valence-corrected chi connectivity index (χ2v) is 7.58. The summed E-state index contributed by atoms with van der Waals surface area (Å²) in [6.45, 7) is 9.61. The summed E-state index contributed by atoms with van der Waals surface area (Å²) in [7, 11) is 0. The Kier molecular flexibility index (Phi) is 4.35. The maximum absolute atomic E-state index is 2.46. The van der Waals surface area contributed by atoms with Gasteiger partial charge in [0.2, 0.25) is 0 Å². The minimum atomic E-state index is 1.19. The largest absolute Gasteiger partial charge is 0.316 e. The van der Waals surface area contributed by atoms with Gasteiger partial charge in [0.1, 0.15) is 13.1 Å². The first-order chi connectivity index (χ1) is 12.3. The van der Waals surface area contributed by atoms with Gasteiger partial charge in [0, 0.05) is 11.1 Å². The molecule has 128 valence electrons. The highest BCUT2D eigenvalue weighted by Gasteiger charge is 2.36. The molecule has 1 aliphatic rings. The topological polar surface area (TPSA) is 0 Å². The average Bonchev–Trinajstić information content (AvgIpc) is 2.98. The van der Waals surface area contributed by atoms with Crippen molar-refractivity contribution >= 4 is 10.8 Å². The van der Waals surface area contributed by atoms with Crippen LogP contribution in [-0.4, -0.2) is 17.6 Å². The number of benzene rings is 3. The van der Waals surface area contributed by atoms with Gasteiger partial charge in [-0.25, -0.2) is 0 Å². The summed E-state index contributed by atoms with van der Waals surface area (Å²) >= 11 is 0. The lowest BCUT2D eigenvalue weighted by Crippen LogP contribution is -2.43. The lowest BCUT2D eigenvalue weighted by molar-refractivity contribution is -0.947. The van der Waals surface area contributed by atoms with Crippen molar-refractivity contribution < 1.29 is 4.48 Å². The van der Waals surface area contributed by atoms with Gasteiger partial charge in [0.05, 0.1) is 13.1 Å². The fourth-order valence-corrected chi connectivity index (χ4v) is 4.83. The van der Waals surface area contributed by atoms with Crippen molar-refractivity contribution in [3.05, 3.63) is 71.8 Å². The van der Waals surface area contributed by atoms with Crippen LogP contribution < -0.4 is 0 Å². The Balaban J connectivity index is 1.94. The highest BCUT2D eigenvalue weighted by Crippen LogP contribution is 2.41. The molecule has 0 saturated carbocycles. The lowest BCUT2D eigenvalue weighted by Gasteiger charge is -2.34. The average molecular weight is 330 g/mol. The minimum absolute atomic E-state index is 1.19. The first-order valence-electron chi connectivity index (χ1n) is 9.70. The zero-order chi connectivity index (χ0) is 17.3. The minimum Gasteiger partial charge on any atom is -0.316 e. The van der Waals surface area contributed by atoms with Crippen molar-refractivity contribution in [2.24, 2.45) is 0 Å². The summed E-state index contributed by atoms with van der Waals surface area (Å²) < 4.78 is 1.23. The molecule has 0 saturated heterocycles. The van der Waals surface area contributed by atoms with Crippen molar-refractivity contribution in [3.8, 4) is 11.1 Å². The molecule has 0 atom stereocenters. The van der Waals surface area contributed by atoms with E-state index < -0.39 is 0 Å². The summed E-state index contributed by atoms with van der Waals surface area (Å²) in [6, 6.07) is 22.4. The molecule has 0 bridgehead atoms. The molecule has 0 fully saturated rings. The van der Waals surface area contributed by atoms with E-state index in [4.69, 9.17) is 0 Å². The van der Waals surface area contributed by atoms with Crippen molar-refractivity contribution in [2.45, 2.75) is 39.8 Å². The van der Waals surface area contributed by atoms with Crippen LogP contribution in [0, 0.1) is 0 Å². The zero-order valence-corrected chi connectivity index (χ0v) is 15.5. The number of rotatable bonds is 5. The van der Waals surface area contributed by atoms with Crippen LogP contribution in [0.5, 0.6) is 0 Å². The maximum atomic E-state index is 2.46. The van der Waals surface area contributed by atoms with Crippen LogP contribution in [0.25, 0.3) is 21.9 Å². The van der Waals surface area contributed by atoms with Gasteiger partial charge in [-0.15, -0.1) is 0 Å². The number of nitrogens with zero attached hydrogens (tertiary/aromatic N) is 1. The molecule has 0 aliphatic carbocycles. The van der Waals surface area contributed by atoms with Crippen LogP contribution in [0.15, 0.2) is 60.7 Å². The van der Waals surface area contributed by atoms with Crippen molar-refractivity contribution in [3.63, 3.8) is 0 Å². The molecule has 3 aromatic rings. The smallest absolute Gasteiger partial charge is 0.106 e. The molecule has 0 N–H and O–H groups in total. The molecular formula is C24H28N+. The third-order valence-corrected chi connectivity index (χ3v) is 5.71. The zero-order valence-electron chi connectivity index (χ0n) is 15.5. The Labute approximate surface area is 151 Å². The second-order valence-electron chi connectivity index (χ2n) is 7.58. The second kappa shape index (κ2) is 6.65. The number of hydrogen-bond donors (Lipinski definition) is 0. The molecule has 1 nitrogen and oxygen atoms in total. The van der Waals surface area contributed by atoms with Crippen LogP contribution in [0.2, 0.25) is 0 Å². The van der Waals surface area contributed by atoms with Crippen LogP contribution in [-0.2, 0) is 13.1 Å². The summed E-state index contributed by atoms with van der Waals surface area (Å²) in [6.07, 6.45) is 2.52. The van der Waals surface area contributed by atoms with E-state index in [1.165, 1.54) is 65.4 Å². The molecule has 0 spiro atoms. The van der Waals surface area contributed by atoms with E-state index >= 15 is 0 Å². The van der Waals surface area contributed by atoms with Crippen molar-refractivity contribution in [1.29, 1.82) is 0 Å². The van der Waals surface area contributed by atoms with E-state index in [9.17, 15) is 0 Å². The molecule has 0 radical (unpaired) electrons. The SMILES string of the molecule is CCC[N+]1(CCC)Cc2cc3ccccc3c(-c3ccccc3)c2C1. The van der Waals surface area contributed by atoms with Gasteiger partial charge in [0.25, 0.3) is 0 Å². The summed E-state index contributed by atoms with van der Waals surface area (Å²) in [5.41, 5.74) is 6.00. The van der Waals surface area contributed by atoms with Gasteiger partial charge >= 0.3 is 0 Å². The Morgan fingerprint density at radius 1 is 0.800 bits per heavy atom. The van der Waals surface area contributed by atoms with Crippen LogP contribution in [0.4, 0.5) is 0 Å². The van der Waals surface area contributed by atoms with E-state index in [1.54, 1.807) is 11.1 Å². The molecule has 1 heterocycles. The highest BCUT2D eigenvalue weighted by molar-refractivity contribution is 5.99. The Morgan fingerprint density at radius 2 is 1.48 bits per heavy atom. The third-order valence-electron chi connectivity index (χ3n) is 5.71. The molecule has 0 amide bonds. The standard InChI is InChI=1S/C24H28N/c1-3-14-25(15-4-2)17-21-16-20-12-8-9-13-22(20)24(23(21)18-25)19-10-6-5-7-11-19/h5-13,16H,3-4,14-15,17-18H2,1-2H3/q+1. The molecule has 0 unspecified atom stereocenters. The third kappa shape index (κ3) is 2.87. The molecular weight excluding hydrogens is 302 g/mol. The van der Waals surface area contributed by atoms with E-state index in [0.29, 0.717) is 0 Å². The molecule has 25 heavy (non-hydrogen) atoms. The first kappa shape index (κ1) is 16.4. The maximum Gasteiger partial charge on any atom is 0.106 e. The summed E-state index contributed by atoms with van der Waals surface area (Å²) in [4.78, 5) is 0. The van der Waals surface area contributed by atoms with E-state index in [2.05, 4.69) is 74.5 Å². The number of quaternary nitrogens is 1. The molecule has 1 aliphatic heterocycles. The van der Waals surface area contributed by atoms with E-state index in [1.807, 2.05) is 0 Å². The predicted octanol–water partition coefficient (Wildman–Crippen LogP) is 6.16. The fourth-order valence-electron chi connectivity index (χ4n) is 4.83. The lowest BCUT2D eigenvalue weighted by atomic mass is 9.91. The van der Waals surface area contributed by atoms with Gasteiger partial charge < -0.3 is 4.48 Å². The Bertz CT molecular complexity index is 873. The molecule has 4 rings (SSSR count).